The molecule has 0 N–H and O–H groups in total. The average molecular weight is 380 g/mol. The van der Waals surface area contributed by atoms with Crippen molar-refractivity contribution in [2.24, 2.45) is 17.3 Å². The first kappa shape index (κ1) is 19.8. The first-order chi connectivity index (χ1) is 12.5. The Hall–Kier alpha value is -1.98. The second-order valence-electron chi connectivity index (χ2n) is 8.43. The molecule has 2 aliphatic rings. The van der Waals surface area contributed by atoms with E-state index >= 15 is 0 Å². The third-order valence-electron chi connectivity index (χ3n) is 5.82. The minimum atomic E-state index is -4.34. The lowest BCUT2D eigenvalue weighted by molar-refractivity contribution is -0.137. The molecule has 0 bridgehead atoms. The molecule has 2 unspecified atom stereocenters. The van der Waals surface area contributed by atoms with Gasteiger partial charge < -0.3 is 9.80 Å². The third-order valence-corrected chi connectivity index (χ3v) is 5.82. The molecule has 1 aliphatic heterocycles. The lowest BCUT2D eigenvalue weighted by Crippen LogP contribution is -2.49. The predicted molar refractivity (Wildman–Crippen MR) is 100 cm³/mol. The fraction of sp³-hybridized carbons (Fsp3) is 0.571. The van der Waals surface area contributed by atoms with Gasteiger partial charge in [0.1, 0.15) is 0 Å². The molecule has 1 aliphatic carbocycles. The van der Waals surface area contributed by atoms with Crippen molar-refractivity contribution in [3.05, 3.63) is 41.5 Å². The SMILES string of the molecule is CC(C)=CC1C(C(=O)N2CCN(c3cccc(C(F)(F)F)c3)CC2)C1(C)C. The van der Waals surface area contributed by atoms with Crippen molar-refractivity contribution < 1.29 is 18.0 Å². The van der Waals surface area contributed by atoms with E-state index in [2.05, 4.69) is 19.9 Å². The van der Waals surface area contributed by atoms with E-state index in [1.54, 1.807) is 6.07 Å². The number of carbonyl (C=O) groups is 1. The summed E-state index contributed by atoms with van der Waals surface area (Å²) in [6.07, 6.45) is -2.16. The summed E-state index contributed by atoms with van der Waals surface area (Å²) in [7, 11) is 0. The van der Waals surface area contributed by atoms with E-state index in [-0.39, 0.29) is 23.2 Å². The van der Waals surface area contributed by atoms with Crippen molar-refractivity contribution in [2.75, 3.05) is 31.1 Å². The molecule has 148 valence electrons. The van der Waals surface area contributed by atoms with Crippen molar-refractivity contribution in [1.29, 1.82) is 0 Å². The quantitative estimate of drug-likeness (QED) is 0.716. The summed E-state index contributed by atoms with van der Waals surface area (Å²) in [6, 6.07) is 5.40. The average Bonchev–Trinajstić information content (AvgIpc) is 3.13. The van der Waals surface area contributed by atoms with Crippen LogP contribution in [0.3, 0.4) is 0 Å². The van der Waals surface area contributed by atoms with Gasteiger partial charge in [-0.05, 0) is 43.4 Å². The molecule has 2 fully saturated rings. The smallest absolute Gasteiger partial charge is 0.368 e. The van der Waals surface area contributed by atoms with Gasteiger partial charge in [-0.15, -0.1) is 0 Å². The molecule has 0 aromatic heterocycles. The molecule has 1 saturated heterocycles. The molecule has 0 radical (unpaired) electrons. The van der Waals surface area contributed by atoms with Gasteiger partial charge >= 0.3 is 6.18 Å². The first-order valence-electron chi connectivity index (χ1n) is 9.38. The van der Waals surface area contributed by atoms with E-state index in [0.717, 1.165) is 6.07 Å². The summed E-state index contributed by atoms with van der Waals surface area (Å²) < 4.78 is 38.8. The molecule has 1 saturated carbocycles. The Kier molecular flexibility index (Phi) is 5.04. The van der Waals surface area contributed by atoms with E-state index in [0.29, 0.717) is 31.9 Å². The molecular weight excluding hydrogens is 353 g/mol. The van der Waals surface area contributed by atoms with Crippen LogP contribution >= 0.6 is 0 Å². The summed E-state index contributed by atoms with van der Waals surface area (Å²) in [5, 5.41) is 0. The number of amides is 1. The van der Waals surface area contributed by atoms with Crippen LogP contribution in [0.2, 0.25) is 0 Å². The lowest BCUT2D eigenvalue weighted by Gasteiger charge is -2.36. The van der Waals surface area contributed by atoms with Crippen molar-refractivity contribution in [1.82, 2.24) is 4.90 Å². The zero-order valence-corrected chi connectivity index (χ0v) is 16.3. The molecule has 1 aromatic rings. The number of rotatable bonds is 3. The van der Waals surface area contributed by atoms with Crippen LogP contribution in [0, 0.1) is 17.3 Å². The van der Waals surface area contributed by atoms with Gasteiger partial charge in [0.2, 0.25) is 5.91 Å². The summed E-state index contributed by atoms with van der Waals surface area (Å²) in [4.78, 5) is 16.7. The predicted octanol–water partition coefficient (Wildman–Crippen LogP) is 4.59. The van der Waals surface area contributed by atoms with Gasteiger partial charge in [-0.3, -0.25) is 4.79 Å². The number of alkyl halides is 3. The van der Waals surface area contributed by atoms with Gasteiger partial charge in [0, 0.05) is 31.9 Å². The van der Waals surface area contributed by atoms with Gasteiger partial charge in [-0.2, -0.15) is 13.2 Å². The van der Waals surface area contributed by atoms with E-state index in [1.807, 2.05) is 23.6 Å². The van der Waals surface area contributed by atoms with Gasteiger partial charge in [0.05, 0.1) is 11.5 Å². The number of nitrogens with zero attached hydrogens (tertiary/aromatic N) is 2. The van der Waals surface area contributed by atoms with Crippen molar-refractivity contribution >= 4 is 11.6 Å². The standard InChI is InChI=1S/C21H27F3N2O/c1-14(2)12-17-18(20(17,3)4)19(27)26-10-8-25(9-11-26)16-7-5-6-15(13-16)21(22,23)24/h5-7,12-13,17-18H,8-11H2,1-4H3. The normalized spacial score (nSPS) is 24.6. The van der Waals surface area contributed by atoms with Crippen LogP contribution in [0.25, 0.3) is 0 Å². The Morgan fingerprint density at radius 2 is 1.78 bits per heavy atom. The second-order valence-corrected chi connectivity index (χ2v) is 8.43. The Labute approximate surface area is 158 Å². The van der Waals surface area contributed by atoms with Crippen molar-refractivity contribution in [3.8, 4) is 0 Å². The zero-order chi connectivity index (χ0) is 20.0. The Morgan fingerprint density at radius 1 is 1.15 bits per heavy atom. The number of hydrogen-bond donors (Lipinski definition) is 0. The van der Waals surface area contributed by atoms with Crippen LogP contribution in [0.5, 0.6) is 0 Å². The monoisotopic (exact) mass is 380 g/mol. The van der Waals surface area contributed by atoms with Crippen LogP contribution in [0.4, 0.5) is 18.9 Å². The molecule has 2 atom stereocenters. The number of hydrogen-bond acceptors (Lipinski definition) is 2. The number of allylic oxidation sites excluding steroid dienone is 2. The highest BCUT2D eigenvalue weighted by Crippen LogP contribution is 2.60. The minimum absolute atomic E-state index is 0.00695. The van der Waals surface area contributed by atoms with Gasteiger partial charge in [0.25, 0.3) is 0 Å². The van der Waals surface area contributed by atoms with E-state index in [4.69, 9.17) is 0 Å². The fourth-order valence-corrected chi connectivity index (χ4v) is 4.08. The van der Waals surface area contributed by atoms with Gasteiger partial charge in [-0.1, -0.05) is 31.6 Å². The molecular formula is C21H27F3N2O. The highest BCUT2D eigenvalue weighted by atomic mass is 19.4. The number of benzene rings is 1. The summed E-state index contributed by atoms with van der Waals surface area (Å²) >= 11 is 0. The van der Waals surface area contributed by atoms with Crippen LogP contribution in [0.1, 0.15) is 33.3 Å². The fourth-order valence-electron chi connectivity index (χ4n) is 4.08. The molecule has 0 spiro atoms. The highest BCUT2D eigenvalue weighted by molar-refractivity contribution is 5.84. The molecule has 1 aromatic carbocycles. The maximum atomic E-state index is 12.9. The second kappa shape index (κ2) is 6.88. The Bertz CT molecular complexity index is 742. The summed E-state index contributed by atoms with van der Waals surface area (Å²) in [6.45, 7) is 10.5. The molecule has 1 amide bonds. The maximum Gasteiger partial charge on any atom is 0.416 e. The van der Waals surface area contributed by atoms with Crippen molar-refractivity contribution in [2.45, 2.75) is 33.9 Å². The van der Waals surface area contributed by atoms with E-state index < -0.39 is 11.7 Å². The Balaban J connectivity index is 1.63. The zero-order valence-electron chi connectivity index (χ0n) is 16.3. The first-order valence-corrected chi connectivity index (χ1v) is 9.38. The van der Waals surface area contributed by atoms with E-state index in [9.17, 15) is 18.0 Å². The summed E-state index contributed by atoms with van der Waals surface area (Å²) in [5.41, 5.74) is 1.12. The number of anilines is 1. The van der Waals surface area contributed by atoms with Gasteiger partial charge in [0.15, 0.2) is 0 Å². The van der Waals surface area contributed by atoms with Crippen LogP contribution in [-0.4, -0.2) is 37.0 Å². The third kappa shape index (κ3) is 3.99. The van der Waals surface area contributed by atoms with Crippen LogP contribution in [0.15, 0.2) is 35.9 Å². The molecule has 27 heavy (non-hydrogen) atoms. The molecule has 6 heteroatoms. The van der Waals surface area contributed by atoms with Crippen LogP contribution in [-0.2, 0) is 11.0 Å². The molecule has 3 nitrogen and oxygen atoms in total. The van der Waals surface area contributed by atoms with Gasteiger partial charge in [-0.25, -0.2) is 0 Å². The minimum Gasteiger partial charge on any atom is -0.368 e. The van der Waals surface area contributed by atoms with E-state index in [1.165, 1.54) is 17.7 Å². The number of piperazine rings is 1. The highest BCUT2D eigenvalue weighted by Gasteiger charge is 2.61. The summed E-state index contributed by atoms with van der Waals surface area (Å²) in [5.74, 6) is 0.454. The number of halogens is 3. The number of carbonyl (C=O) groups excluding carboxylic acids is 1. The largest absolute Gasteiger partial charge is 0.416 e. The van der Waals surface area contributed by atoms with Crippen molar-refractivity contribution in [3.63, 3.8) is 0 Å². The topological polar surface area (TPSA) is 23.6 Å². The molecule has 1 heterocycles. The molecule has 3 rings (SSSR count). The maximum absolute atomic E-state index is 12.9. The lowest BCUT2D eigenvalue weighted by atomic mass is 10.1. The van der Waals surface area contributed by atoms with Crippen LogP contribution < -0.4 is 4.90 Å². The Morgan fingerprint density at radius 3 is 2.33 bits per heavy atom.